The van der Waals surface area contributed by atoms with E-state index in [0.29, 0.717) is 0 Å². The Hall–Kier alpha value is -1.26. The second-order valence-corrected chi connectivity index (χ2v) is 2.82. The Morgan fingerprint density at radius 3 is 1.81 bits per heavy atom. The Kier molecular flexibility index (Phi) is 2.32. The molecule has 94 valence electrons. The molecule has 0 spiro atoms. The van der Waals surface area contributed by atoms with Crippen LogP contribution in [0, 0.1) is 0 Å². The highest BCUT2D eigenvalue weighted by molar-refractivity contribution is 5.74. The van der Waals surface area contributed by atoms with Crippen LogP contribution < -0.4 is 5.73 Å². The molecule has 0 saturated heterocycles. The van der Waals surface area contributed by atoms with Gasteiger partial charge in [-0.2, -0.15) is 35.7 Å². The van der Waals surface area contributed by atoms with E-state index in [1.807, 2.05) is 4.99 Å². The molecule has 11 heteroatoms. The van der Waals surface area contributed by atoms with E-state index in [0.717, 1.165) is 0 Å². The van der Waals surface area contributed by atoms with Crippen LogP contribution in [0.4, 0.5) is 30.7 Å². The van der Waals surface area contributed by atoms with Crippen molar-refractivity contribution in [1.82, 2.24) is 0 Å². The normalized spacial score (nSPS) is 35.9. The van der Waals surface area contributed by atoms with Gasteiger partial charge >= 0.3 is 23.9 Å². The number of amidine groups is 1. The van der Waals surface area contributed by atoms with Crippen LogP contribution in [0.2, 0.25) is 0 Å². The van der Waals surface area contributed by atoms with E-state index < -0.39 is 30.0 Å². The van der Waals surface area contributed by atoms with E-state index in [1.165, 1.54) is 0 Å². The maximum Gasteiger partial charge on any atom is 0.466 e. The Labute approximate surface area is 82.5 Å². The predicted molar refractivity (Wildman–Crippen MR) is 33.6 cm³/mol. The largest absolute Gasteiger partial charge is 0.466 e. The third-order valence-corrected chi connectivity index (χ3v) is 1.73. The molecule has 0 saturated carbocycles. The van der Waals surface area contributed by atoms with Crippen molar-refractivity contribution in [3.05, 3.63) is 0 Å². The van der Waals surface area contributed by atoms with Crippen molar-refractivity contribution in [3.63, 3.8) is 0 Å². The lowest BCUT2D eigenvalue weighted by molar-refractivity contribution is -0.407. The number of hydrogen-bond acceptors (Lipinski definition) is 4. The van der Waals surface area contributed by atoms with Gasteiger partial charge in [-0.05, 0) is 0 Å². The first-order valence-electron chi connectivity index (χ1n) is 3.44. The molecule has 0 aliphatic carbocycles. The summed E-state index contributed by atoms with van der Waals surface area (Å²) in [6.45, 7) is 0. The van der Waals surface area contributed by atoms with Gasteiger partial charge in [0, 0.05) is 0 Å². The van der Waals surface area contributed by atoms with Gasteiger partial charge in [0.1, 0.15) is 0 Å². The standard InChI is InChI=1S/C5H3F7N2O2/c6-2(4(7,8)9)3(15,5(10,11)12)14-1(13)16-2/h15H,(H2,13,14). The maximum atomic E-state index is 13.1. The SMILES string of the molecule is NC1=NC(O)(C(F)(F)F)C(F)(C(F)(F)F)O1. The van der Waals surface area contributed by atoms with E-state index in [-0.39, 0.29) is 0 Å². The fourth-order valence-electron chi connectivity index (χ4n) is 0.971. The molecule has 0 fully saturated rings. The van der Waals surface area contributed by atoms with Gasteiger partial charge in [-0.1, -0.05) is 0 Å². The summed E-state index contributed by atoms with van der Waals surface area (Å²) in [7, 11) is 0. The Balaban J connectivity index is 3.36. The second-order valence-electron chi connectivity index (χ2n) is 2.82. The molecular formula is C5H3F7N2O2. The number of aliphatic hydroxyl groups is 1. The molecule has 3 N–H and O–H groups in total. The summed E-state index contributed by atoms with van der Waals surface area (Å²) in [4.78, 5) is 1.92. The minimum atomic E-state index is -6.16. The molecule has 1 aliphatic rings. The zero-order valence-corrected chi connectivity index (χ0v) is 7.03. The fourth-order valence-corrected chi connectivity index (χ4v) is 0.971. The molecule has 1 aliphatic heterocycles. The van der Waals surface area contributed by atoms with Crippen LogP contribution >= 0.6 is 0 Å². The average molecular weight is 256 g/mol. The number of alkyl halides is 7. The van der Waals surface area contributed by atoms with E-state index in [4.69, 9.17) is 5.11 Å². The molecule has 0 bridgehead atoms. The van der Waals surface area contributed by atoms with Gasteiger partial charge in [0.25, 0.3) is 6.02 Å². The van der Waals surface area contributed by atoms with E-state index in [2.05, 4.69) is 10.5 Å². The highest BCUT2D eigenvalue weighted by Crippen LogP contribution is 2.53. The van der Waals surface area contributed by atoms with Crippen molar-refractivity contribution < 1.29 is 40.6 Å². The minimum absolute atomic E-state index is 1.75. The molecule has 1 heterocycles. The van der Waals surface area contributed by atoms with Gasteiger partial charge in [-0.15, -0.1) is 0 Å². The van der Waals surface area contributed by atoms with Gasteiger partial charge in [0.2, 0.25) is 0 Å². The first-order chi connectivity index (χ1) is 6.85. The molecule has 1 rings (SSSR count). The summed E-state index contributed by atoms with van der Waals surface area (Å²) in [5.74, 6) is -5.46. The van der Waals surface area contributed by atoms with Gasteiger partial charge in [-0.3, -0.25) is 0 Å². The number of hydrogen-bond donors (Lipinski definition) is 2. The Morgan fingerprint density at radius 2 is 1.56 bits per heavy atom. The fraction of sp³-hybridized carbons (Fsp3) is 0.800. The van der Waals surface area contributed by atoms with Crippen molar-refractivity contribution in [2.75, 3.05) is 0 Å². The Bertz CT molecular complexity index is 337. The summed E-state index contributed by atoms with van der Waals surface area (Å²) in [5, 5.41) is 8.64. The smallest absolute Gasteiger partial charge is 0.415 e. The quantitative estimate of drug-likeness (QED) is 0.630. The summed E-state index contributed by atoms with van der Waals surface area (Å²) >= 11 is 0. The lowest BCUT2D eigenvalue weighted by Crippen LogP contribution is -2.64. The monoisotopic (exact) mass is 256 g/mol. The summed E-state index contributed by atoms with van der Waals surface area (Å²) in [6.07, 6.45) is -12.2. The second kappa shape index (κ2) is 2.90. The predicted octanol–water partition coefficient (Wildman–Crippen LogP) is 0.810. The lowest BCUT2D eigenvalue weighted by Gasteiger charge is -2.33. The minimum Gasteiger partial charge on any atom is -0.415 e. The van der Waals surface area contributed by atoms with Gasteiger partial charge < -0.3 is 15.6 Å². The number of nitrogens with zero attached hydrogens (tertiary/aromatic N) is 1. The number of halogens is 7. The van der Waals surface area contributed by atoms with Crippen LogP contribution in [0.5, 0.6) is 0 Å². The summed E-state index contributed by atoms with van der Waals surface area (Å²) in [5.41, 5.74) is -0.702. The summed E-state index contributed by atoms with van der Waals surface area (Å²) in [6, 6.07) is -1.75. The van der Waals surface area contributed by atoms with Gasteiger partial charge in [0.05, 0.1) is 0 Å². The topological polar surface area (TPSA) is 67.8 Å². The van der Waals surface area contributed by atoms with Crippen LogP contribution in [0.15, 0.2) is 4.99 Å². The molecule has 0 aromatic carbocycles. The number of aliphatic imine (C=N–C) groups is 1. The first kappa shape index (κ1) is 12.8. The number of nitrogens with two attached hydrogens (primary N) is 1. The molecule has 0 aromatic heterocycles. The van der Waals surface area contributed by atoms with Crippen molar-refractivity contribution in [3.8, 4) is 0 Å². The van der Waals surface area contributed by atoms with Gasteiger partial charge in [-0.25, -0.2) is 0 Å². The first-order valence-corrected chi connectivity index (χ1v) is 3.44. The van der Waals surface area contributed by atoms with Gasteiger partial charge in [0.15, 0.2) is 0 Å². The third-order valence-electron chi connectivity index (χ3n) is 1.73. The van der Waals surface area contributed by atoms with Crippen LogP contribution in [-0.2, 0) is 4.74 Å². The van der Waals surface area contributed by atoms with E-state index >= 15 is 0 Å². The zero-order chi connectivity index (χ0) is 13.0. The van der Waals surface area contributed by atoms with Crippen molar-refractivity contribution in [2.45, 2.75) is 23.9 Å². The molecule has 2 unspecified atom stereocenters. The third kappa shape index (κ3) is 1.37. The van der Waals surface area contributed by atoms with E-state index in [1.54, 1.807) is 0 Å². The van der Waals surface area contributed by atoms with Crippen LogP contribution in [0.25, 0.3) is 0 Å². The van der Waals surface area contributed by atoms with Crippen molar-refractivity contribution >= 4 is 6.02 Å². The molecule has 0 amide bonds. The Morgan fingerprint density at radius 1 is 1.12 bits per heavy atom. The van der Waals surface area contributed by atoms with E-state index in [9.17, 15) is 30.7 Å². The van der Waals surface area contributed by atoms with Crippen LogP contribution in [-0.4, -0.2) is 35.1 Å². The van der Waals surface area contributed by atoms with Crippen molar-refractivity contribution in [1.29, 1.82) is 0 Å². The molecule has 2 atom stereocenters. The molecule has 0 aromatic rings. The number of rotatable bonds is 0. The molecule has 16 heavy (non-hydrogen) atoms. The van der Waals surface area contributed by atoms with Crippen molar-refractivity contribution in [2.24, 2.45) is 10.7 Å². The average Bonchev–Trinajstić information content (AvgIpc) is 2.21. The lowest BCUT2D eigenvalue weighted by atomic mass is 10.0. The highest BCUT2D eigenvalue weighted by atomic mass is 19.4. The maximum absolute atomic E-state index is 13.1. The molecular weight excluding hydrogens is 253 g/mol. The molecule has 4 nitrogen and oxygen atoms in total. The summed E-state index contributed by atoms with van der Waals surface area (Å²) < 4.78 is 88.7. The molecule has 0 radical (unpaired) electrons. The highest BCUT2D eigenvalue weighted by Gasteiger charge is 2.84. The van der Waals surface area contributed by atoms with Crippen LogP contribution in [0.1, 0.15) is 0 Å². The zero-order valence-electron chi connectivity index (χ0n) is 7.03. The number of ether oxygens (including phenoxy) is 1. The van der Waals surface area contributed by atoms with Crippen LogP contribution in [0.3, 0.4) is 0 Å².